The Balaban J connectivity index is 0.00000392. The standard InChI is InChI=1S/C18H31N7S2.HI/c1-12(2)11-25-15(23-24-18(25)26-6)8-7-9-20-17(19-5)21-10-16-22-13(3)14(4)27-16;/h12H,7-11H2,1-6H3,(H2,19,20,21);1H. The zero-order valence-corrected chi connectivity index (χ0v) is 21.5. The molecule has 28 heavy (non-hydrogen) atoms. The number of nitrogens with one attached hydrogen (secondary N) is 2. The fourth-order valence-electron chi connectivity index (χ4n) is 2.65. The Morgan fingerprint density at radius 2 is 2.00 bits per heavy atom. The Morgan fingerprint density at radius 1 is 1.25 bits per heavy atom. The van der Waals surface area contributed by atoms with Gasteiger partial charge >= 0.3 is 0 Å². The zero-order chi connectivity index (χ0) is 19.8. The first-order valence-corrected chi connectivity index (χ1v) is 11.3. The van der Waals surface area contributed by atoms with E-state index in [0.717, 1.165) is 53.6 Å². The summed E-state index contributed by atoms with van der Waals surface area (Å²) in [6.07, 6.45) is 3.92. The van der Waals surface area contributed by atoms with Gasteiger partial charge in [-0.2, -0.15) is 0 Å². The van der Waals surface area contributed by atoms with Crippen LogP contribution in [0.3, 0.4) is 0 Å². The Labute approximate surface area is 193 Å². The molecule has 0 fully saturated rings. The van der Waals surface area contributed by atoms with Gasteiger partial charge in [-0.25, -0.2) is 4.98 Å². The lowest BCUT2D eigenvalue weighted by Gasteiger charge is -2.13. The highest BCUT2D eigenvalue weighted by Crippen LogP contribution is 2.17. The lowest BCUT2D eigenvalue weighted by atomic mass is 10.2. The molecule has 10 heteroatoms. The number of guanidine groups is 1. The topological polar surface area (TPSA) is 80.0 Å². The second-order valence-electron chi connectivity index (χ2n) is 6.81. The van der Waals surface area contributed by atoms with Crippen molar-refractivity contribution in [2.45, 2.75) is 58.8 Å². The Bertz CT molecular complexity index is 736. The first-order chi connectivity index (χ1) is 12.9. The van der Waals surface area contributed by atoms with Gasteiger partial charge in [0.2, 0.25) is 0 Å². The van der Waals surface area contributed by atoms with Crippen LogP contribution in [-0.2, 0) is 19.5 Å². The first-order valence-electron chi connectivity index (χ1n) is 9.28. The molecule has 0 saturated heterocycles. The summed E-state index contributed by atoms with van der Waals surface area (Å²) in [4.78, 5) is 10.1. The number of nitrogens with zero attached hydrogens (tertiary/aromatic N) is 5. The van der Waals surface area contributed by atoms with E-state index in [2.05, 4.69) is 56.1 Å². The van der Waals surface area contributed by atoms with Crippen LogP contribution in [-0.4, -0.2) is 45.6 Å². The maximum absolute atomic E-state index is 4.55. The third kappa shape index (κ3) is 7.51. The van der Waals surface area contributed by atoms with Crippen molar-refractivity contribution < 1.29 is 0 Å². The first kappa shape index (κ1) is 25.2. The highest BCUT2D eigenvalue weighted by atomic mass is 127. The smallest absolute Gasteiger partial charge is 0.191 e. The minimum Gasteiger partial charge on any atom is -0.356 e. The molecule has 0 spiro atoms. The van der Waals surface area contributed by atoms with E-state index in [0.29, 0.717) is 12.5 Å². The number of thiazole rings is 1. The van der Waals surface area contributed by atoms with Gasteiger partial charge in [-0.3, -0.25) is 4.99 Å². The number of aromatic nitrogens is 4. The second-order valence-corrected chi connectivity index (χ2v) is 8.87. The van der Waals surface area contributed by atoms with Crippen LogP contribution < -0.4 is 10.6 Å². The largest absolute Gasteiger partial charge is 0.356 e. The number of halogens is 1. The third-order valence-corrected chi connectivity index (χ3v) is 5.84. The summed E-state index contributed by atoms with van der Waals surface area (Å²) >= 11 is 3.38. The summed E-state index contributed by atoms with van der Waals surface area (Å²) in [7, 11) is 1.79. The van der Waals surface area contributed by atoms with Crippen LogP contribution in [0.15, 0.2) is 10.1 Å². The molecule has 7 nitrogen and oxygen atoms in total. The number of rotatable bonds is 9. The lowest BCUT2D eigenvalue weighted by molar-refractivity contribution is 0.477. The molecule has 0 aromatic carbocycles. The van der Waals surface area contributed by atoms with E-state index in [9.17, 15) is 0 Å². The molecule has 2 aromatic heterocycles. The van der Waals surface area contributed by atoms with Gasteiger partial charge in [-0.1, -0.05) is 25.6 Å². The second kappa shape index (κ2) is 12.6. The highest BCUT2D eigenvalue weighted by Gasteiger charge is 2.12. The maximum atomic E-state index is 4.55. The zero-order valence-electron chi connectivity index (χ0n) is 17.6. The highest BCUT2D eigenvalue weighted by molar-refractivity contribution is 14.0. The van der Waals surface area contributed by atoms with E-state index in [-0.39, 0.29) is 24.0 Å². The van der Waals surface area contributed by atoms with Crippen LogP contribution >= 0.6 is 47.1 Å². The predicted molar refractivity (Wildman–Crippen MR) is 130 cm³/mol. The molecule has 158 valence electrons. The number of aliphatic imine (C=N–C) groups is 1. The van der Waals surface area contributed by atoms with E-state index in [1.54, 1.807) is 30.1 Å². The number of hydrogen-bond acceptors (Lipinski definition) is 6. The van der Waals surface area contributed by atoms with E-state index in [4.69, 9.17) is 0 Å². The van der Waals surface area contributed by atoms with E-state index < -0.39 is 0 Å². The van der Waals surface area contributed by atoms with Crippen molar-refractivity contribution in [3.8, 4) is 0 Å². The van der Waals surface area contributed by atoms with Crippen LogP contribution in [0.5, 0.6) is 0 Å². The minimum atomic E-state index is 0. The lowest BCUT2D eigenvalue weighted by Crippen LogP contribution is -2.37. The average Bonchev–Trinajstić information content (AvgIpc) is 3.16. The third-order valence-electron chi connectivity index (χ3n) is 4.10. The summed E-state index contributed by atoms with van der Waals surface area (Å²) in [5, 5.41) is 17.5. The van der Waals surface area contributed by atoms with Gasteiger partial charge in [0.25, 0.3) is 0 Å². The number of aryl methyl sites for hydroxylation is 3. The van der Waals surface area contributed by atoms with Crippen LogP contribution in [0.2, 0.25) is 0 Å². The monoisotopic (exact) mass is 537 g/mol. The summed E-state index contributed by atoms with van der Waals surface area (Å²) in [6, 6.07) is 0. The van der Waals surface area contributed by atoms with Crippen molar-refractivity contribution in [2.24, 2.45) is 10.9 Å². The molecule has 0 radical (unpaired) electrons. The summed E-state index contributed by atoms with van der Waals surface area (Å²) in [5.41, 5.74) is 1.11. The van der Waals surface area contributed by atoms with Gasteiger partial charge < -0.3 is 15.2 Å². The van der Waals surface area contributed by atoms with Crippen LogP contribution in [0.4, 0.5) is 0 Å². The van der Waals surface area contributed by atoms with Crippen molar-refractivity contribution in [2.75, 3.05) is 19.8 Å². The van der Waals surface area contributed by atoms with Gasteiger partial charge in [0.1, 0.15) is 10.8 Å². The van der Waals surface area contributed by atoms with Crippen LogP contribution in [0, 0.1) is 19.8 Å². The molecule has 2 aromatic rings. The van der Waals surface area contributed by atoms with E-state index in [1.165, 1.54) is 4.88 Å². The molecular weight excluding hydrogens is 505 g/mol. The quantitative estimate of drug-likeness (QED) is 0.167. The Kier molecular flexibility index (Phi) is 11.4. The molecule has 2 heterocycles. The normalized spacial score (nSPS) is 11.6. The average molecular weight is 538 g/mol. The summed E-state index contributed by atoms with van der Waals surface area (Å²) in [5.74, 6) is 2.44. The molecule has 0 aliphatic rings. The van der Waals surface area contributed by atoms with Gasteiger partial charge in [0, 0.05) is 31.4 Å². The van der Waals surface area contributed by atoms with Crippen LogP contribution in [0.25, 0.3) is 0 Å². The fourth-order valence-corrected chi connectivity index (χ4v) is 4.05. The van der Waals surface area contributed by atoms with Gasteiger partial charge in [0.05, 0.1) is 12.2 Å². The number of thioether (sulfide) groups is 1. The minimum absolute atomic E-state index is 0. The molecule has 0 bridgehead atoms. The molecule has 0 unspecified atom stereocenters. The molecule has 0 saturated carbocycles. The van der Waals surface area contributed by atoms with E-state index >= 15 is 0 Å². The fraction of sp³-hybridized carbons (Fsp3) is 0.667. The SMILES string of the molecule is CN=C(NCCCc1nnc(SC)n1CC(C)C)NCc1nc(C)c(C)s1.I. The predicted octanol–water partition coefficient (Wildman–Crippen LogP) is 3.65. The molecule has 0 amide bonds. The van der Waals surface area contributed by atoms with Crippen molar-refractivity contribution >= 4 is 53.0 Å². The maximum Gasteiger partial charge on any atom is 0.191 e. The summed E-state index contributed by atoms with van der Waals surface area (Å²) < 4.78 is 2.25. The van der Waals surface area contributed by atoms with E-state index in [1.807, 2.05) is 13.2 Å². The molecular formula is C18H32IN7S2. The molecule has 0 aliphatic heterocycles. The van der Waals surface area contributed by atoms with Crippen LogP contribution in [0.1, 0.15) is 41.7 Å². The molecule has 2 rings (SSSR count). The van der Waals surface area contributed by atoms with Crippen molar-refractivity contribution in [3.63, 3.8) is 0 Å². The molecule has 0 aliphatic carbocycles. The summed E-state index contributed by atoms with van der Waals surface area (Å²) in [6.45, 7) is 11.1. The molecule has 2 N–H and O–H groups in total. The Hall–Kier alpha value is -0.880. The molecule has 0 atom stereocenters. The van der Waals surface area contributed by atoms with Gasteiger partial charge in [-0.15, -0.1) is 45.5 Å². The van der Waals surface area contributed by atoms with Gasteiger partial charge in [0.15, 0.2) is 11.1 Å². The van der Waals surface area contributed by atoms with Crippen molar-refractivity contribution in [1.82, 2.24) is 30.4 Å². The van der Waals surface area contributed by atoms with Gasteiger partial charge in [-0.05, 0) is 32.4 Å². The van der Waals surface area contributed by atoms with Crippen molar-refractivity contribution in [1.29, 1.82) is 0 Å². The number of hydrogen-bond donors (Lipinski definition) is 2. The Morgan fingerprint density at radius 3 is 2.57 bits per heavy atom. The van der Waals surface area contributed by atoms with Crippen molar-refractivity contribution in [3.05, 3.63) is 21.4 Å².